The van der Waals surface area contributed by atoms with E-state index in [2.05, 4.69) is 5.32 Å². The molecule has 0 aliphatic carbocycles. The predicted octanol–water partition coefficient (Wildman–Crippen LogP) is 3.04. The number of benzene rings is 1. The topological polar surface area (TPSA) is 71.5 Å². The molecule has 0 radical (unpaired) electrons. The largest absolute Gasteiger partial charge is 0.460 e. The fraction of sp³-hybridized carbons (Fsp3) is 0.250. The van der Waals surface area contributed by atoms with Gasteiger partial charge >= 0.3 is 6.03 Å². The summed E-state index contributed by atoms with van der Waals surface area (Å²) in [5.41, 5.74) is 2.14. The molecule has 1 aromatic carbocycles. The van der Waals surface area contributed by atoms with E-state index in [9.17, 15) is 4.79 Å². The van der Waals surface area contributed by atoms with Crippen LogP contribution in [0.2, 0.25) is 5.02 Å². The highest BCUT2D eigenvalue weighted by molar-refractivity contribution is 6.35. The highest BCUT2D eigenvalue weighted by Crippen LogP contribution is 2.34. The summed E-state index contributed by atoms with van der Waals surface area (Å²) in [5.74, 6) is 6.13. The molecule has 0 bridgehead atoms. The number of nitrogens with one attached hydrogen (secondary N) is 1. The zero-order valence-corrected chi connectivity index (χ0v) is 11.1. The van der Waals surface area contributed by atoms with Crippen molar-refractivity contribution in [2.75, 3.05) is 12.4 Å². The Kier molecular flexibility index (Phi) is 3.19. The lowest BCUT2D eigenvalue weighted by molar-refractivity contribution is 0.223. The van der Waals surface area contributed by atoms with E-state index in [0.717, 1.165) is 21.7 Å². The number of urea groups is 1. The number of furan rings is 1. The van der Waals surface area contributed by atoms with Gasteiger partial charge in [0.25, 0.3) is 0 Å². The minimum absolute atomic E-state index is 0.409. The summed E-state index contributed by atoms with van der Waals surface area (Å²) in [7, 11) is 1.47. The van der Waals surface area contributed by atoms with Crippen molar-refractivity contribution in [1.29, 1.82) is 0 Å². The number of anilines is 1. The Morgan fingerprint density at radius 1 is 1.44 bits per heavy atom. The third-order valence-electron chi connectivity index (χ3n) is 2.71. The molecule has 0 saturated carbocycles. The number of nitrogens with zero attached hydrogens (tertiary/aromatic N) is 1. The van der Waals surface area contributed by atoms with Gasteiger partial charge in [-0.05, 0) is 31.5 Å². The Morgan fingerprint density at radius 2 is 2.11 bits per heavy atom. The molecule has 0 fully saturated rings. The van der Waals surface area contributed by atoms with Crippen LogP contribution >= 0.6 is 11.6 Å². The van der Waals surface area contributed by atoms with Crippen molar-refractivity contribution in [1.82, 2.24) is 5.01 Å². The van der Waals surface area contributed by atoms with Crippen molar-refractivity contribution in [3.8, 4) is 0 Å². The number of carbonyl (C=O) groups is 1. The fourth-order valence-corrected chi connectivity index (χ4v) is 2.00. The molecule has 0 atom stereocenters. The summed E-state index contributed by atoms with van der Waals surface area (Å²) in [6.07, 6.45) is 0. The highest BCUT2D eigenvalue weighted by atomic mass is 35.5. The van der Waals surface area contributed by atoms with E-state index >= 15 is 0 Å². The minimum atomic E-state index is -0.409. The molecule has 1 heterocycles. The molecule has 2 aromatic rings. The second-order valence-corrected chi connectivity index (χ2v) is 4.58. The van der Waals surface area contributed by atoms with Crippen LogP contribution in [0, 0.1) is 13.8 Å². The van der Waals surface area contributed by atoms with Crippen LogP contribution in [0.15, 0.2) is 16.5 Å². The van der Waals surface area contributed by atoms with E-state index in [1.54, 1.807) is 6.07 Å². The summed E-state index contributed by atoms with van der Waals surface area (Å²) >= 11 is 6.12. The highest BCUT2D eigenvalue weighted by Gasteiger charge is 2.14. The Hall–Kier alpha value is -1.72. The van der Waals surface area contributed by atoms with Crippen molar-refractivity contribution in [3.63, 3.8) is 0 Å². The zero-order chi connectivity index (χ0) is 13.4. The number of fused-ring (bicyclic) bond motifs is 1. The third-order valence-corrected chi connectivity index (χ3v) is 2.99. The van der Waals surface area contributed by atoms with E-state index in [1.807, 2.05) is 19.9 Å². The van der Waals surface area contributed by atoms with Gasteiger partial charge in [-0.3, -0.25) is 5.01 Å². The SMILES string of the molecule is Cc1cc2c(C)c(NC(=O)N(C)N)cc(Cl)c2o1. The van der Waals surface area contributed by atoms with Crippen LogP contribution in [-0.4, -0.2) is 18.1 Å². The Bertz CT molecular complexity index is 619. The summed E-state index contributed by atoms with van der Waals surface area (Å²) in [5, 5.41) is 5.00. The molecule has 0 aliphatic heterocycles. The monoisotopic (exact) mass is 267 g/mol. The van der Waals surface area contributed by atoms with Crippen molar-refractivity contribution in [2.24, 2.45) is 5.84 Å². The van der Waals surface area contributed by atoms with Gasteiger partial charge in [-0.2, -0.15) is 0 Å². The van der Waals surface area contributed by atoms with Crippen molar-refractivity contribution in [2.45, 2.75) is 13.8 Å². The maximum atomic E-state index is 11.5. The second-order valence-electron chi connectivity index (χ2n) is 4.17. The number of carbonyl (C=O) groups excluding carboxylic acids is 1. The zero-order valence-electron chi connectivity index (χ0n) is 10.4. The Morgan fingerprint density at radius 3 is 2.72 bits per heavy atom. The van der Waals surface area contributed by atoms with Crippen LogP contribution in [0.1, 0.15) is 11.3 Å². The first-order valence-corrected chi connectivity index (χ1v) is 5.76. The van der Waals surface area contributed by atoms with Gasteiger partial charge in [0, 0.05) is 18.1 Å². The van der Waals surface area contributed by atoms with Crippen molar-refractivity contribution in [3.05, 3.63) is 28.5 Å². The molecule has 0 spiro atoms. The molecule has 5 nitrogen and oxygen atoms in total. The molecule has 1 aromatic heterocycles. The molecule has 6 heteroatoms. The molecular weight excluding hydrogens is 254 g/mol. The van der Waals surface area contributed by atoms with Crippen LogP contribution < -0.4 is 11.2 Å². The van der Waals surface area contributed by atoms with Crippen LogP contribution in [0.3, 0.4) is 0 Å². The van der Waals surface area contributed by atoms with Gasteiger partial charge in [-0.1, -0.05) is 11.6 Å². The van der Waals surface area contributed by atoms with Gasteiger partial charge < -0.3 is 9.73 Å². The minimum Gasteiger partial charge on any atom is -0.460 e. The maximum absolute atomic E-state index is 11.5. The van der Waals surface area contributed by atoms with Gasteiger partial charge in [0.1, 0.15) is 5.76 Å². The van der Waals surface area contributed by atoms with E-state index in [1.165, 1.54) is 7.05 Å². The molecule has 0 unspecified atom stereocenters. The van der Waals surface area contributed by atoms with E-state index in [4.69, 9.17) is 21.9 Å². The fourth-order valence-electron chi connectivity index (χ4n) is 1.75. The lowest BCUT2D eigenvalue weighted by Gasteiger charge is -2.14. The lowest BCUT2D eigenvalue weighted by Crippen LogP contribution is -2.37. The van der Waals surface area contributed by atoms with Gasteiger partial charge in [-0.15, -0.1) is 0 Å². The number of amides is 2. The number of aryl methyl sites for hydroxylation is 2. The Labute approximate surface area is 109 Å². The second kappa shape index (κ2) is 4.51. The number of nitrogens with two attached hydrogens (primary N) is 1. The molecule has 3 N–H and O–H groups in total. The molecule has 0 aliphatic rings. The van der Waals surface area contributed by atoms with Crippen molar-refractivity contribution >= 4 is 34.3 Å². The summed E-state index contributed by atoms with van der Waals surface area (Å²) in [6, 6.07) is 3.13. The predicted molar refractivity (Wildman–Crippen MR) is 71.7 cm³/mol. The molecule has 18 heavy (non-hydrogen) atoms. The van der Waals surface area contributed by atoms with E-state index in [-0.39, 0.29) is 0 Å². The van der Waals surface area contributed by atoms with E-state index in [0.29, 0.717) is 16.3 Å². The first-order chi connectivity index (χ1) is 8.40. The number of hydrogen-bond donors (Lipinski definition) is 2. The molecule has 2 amide bonds. The van der Waals surface area contributed by atoms with Crippen LogP contribution in [0.4, 0.5) is 10.5 Å². The molecule has 2 rings (SSSR count). The van der Waals surface area contributed by atoms with Crippen LogP contribution in [0.25, 0.3) is 11.0 Å². The van der Waals surface area contributed by atoms with Gasteiger partial charge in [0.15, 0.2) is 5.58 Å². The van der Waals surface area contributed by atoms with Gasteiger partial charge in [0.05, 0.1) is 5.02 Å². The molecule has 96 valence electrons. The third kappa shape index (κ3) is 2.14. The number of halogens is 1. The first-order valence-electron chi connectivity index (χ1n) is 5.39. The lowest BCUT2D eigenvalue weighted by atomic mass is 10.1. The average molecular weight is 268 g/mol. The van der Waals surface area contributed by atoms with Crippen LogP contribution in [0.5, 0.6) is 0 Å². The average Bonchev–Trinajstić information content (AvgIpc) is 2.68. The number of hydrogen-bond acceptors (Lipinski definition) is 3. The molecule has 0 saturated heterocycles. The van der Waals surface area contributed by atoms with Gasteiger partial charge in [-0.25, -0.2) is 10.6 Å². The Balaban J connectivity index is 2.52. The van der Waals surface area contributed by atoms with E-state index < -0.39 is 6.03 Å². The summed E-state index contributed by atoms with van der Waals surface area (Å²) in [6.45, 7) is 3.74. The van der Waals surface area contributed by atoms with Crippen LogP contribution in [-0.2, 0) is 0 Å². The smallest absolute Gasteiger partial charge is 0.335 e. The van der Waals surface area contributed by atoms with Crippen molar-refractivity contribution < 1.29 is 9.21 Å². The number of hydrazine groups is 1. The standard InChI is InChI=1S/C12H14ClN3O2/c1-6-4-8-7(2)10(15-12(17)16(3)14)5-9(13)11(8)18-6/h4-5H,14H2,1-3H3,(H,15,17). The van der Waals surface area contributed by atoms with Gasteiger partial charge in [0.2, 0.25) is 0 Å². The quantitative estimate of drug-likeness (QED) is 0.474. The molecular formula is C12H14ClN3O2. The summed E-state index contributed by atoms with van der Waals surface area (Å²) < 4.78 is 5.51. The number of rotatable bonds is 1. The maximum Gasteiger partial charge on any atom is 0.335 e. The summed E-state index contributed by atoms with van der Waals surface area (Å²) in [4.78, 5) is 11.5. The first kappa shape index (κ1) is 12.7. The normalized spacial score (nSPS) is 10.7.